The van der Waals surface area contributed by atoms with Crippen LogP contribution in [-0.4, -0.2) is 46.1 Å². The van der Waals surface area contributed by atoms with Crippen molar-refractivity contribution in [1.82, 2.24) is 19.8 Å². The van der Waals surface area contributed by atoms with Crippen molar-refractivity contribution >= 4 is 22.6 Å². The Hall–Kier alpha value is -4.45. The Bertz CT molecular complexity index is 1860. The Labute approximate surface area is 256 Å². The Morgan fingerprint density at radius 1 is 1.02 bits per heavy atom. The third-order valence-corrected chi connectivity index (χ3v) is 8.77. The van der Waals surface area contributed by atoms with Gasteiger partial charge in [-0.3, -0.25) is 9.89 Å². The number of nitrogens with zero attached hydrogens (tertiary/aromatic N) is 4. The first-order valence-corrected chi connectivity index (χ1v) is 14.7. The highest BCUT2D eigenvalue weighted by Gasteiger charge is 2.43. The predicted molar refractivity (Wildman–Crippen MR) is 159 cm³/mol. The first kappa shape index (κ1) is 29.3. The lowest BCUT2D eigenvalue weighted by Crippen LogP contribution is -2.38. The van der Waals surface area contributed by atoms with Gasteiger partial charge in [0.25, 0.3) is 5.79 Å². The van der Waals surface area contributed by atoms with Crippen LogP contribution >= 0.6 is 0 Å². The van der Waals surface area contributed by atoms with Gasteiger partial charge in [0.1, 0.15) is 17.5 Å². The highest BCUT2D eigenvalue weighted by atomic mass is 19.4. The summed E-state index contributed by atoms with van der Waals surface area (Å²) in [5, 5.41) is 2.41. The number of alkyl halides is 3. The minimum absolute atomic E-state index is 0.0459. The molecule has 12 heteroatoms. The van der Waals surface area contributed by atoms with Gasteiger partial charge in [-0.15, -0.1) is 0 Å². The molecule has 1 aromatic heterocycles. The number of hydrogen-bond donors (Lipinski definition) is 1. The first-order chi connectivity index (χ1) is 21.5. The first-order valence-electron chi connectivity index (χ1n) is 14.7. The Balaban J connectivity index is 1.03. The summed E-state index contributed by atoms with van der Waals surface area (Å²) in [5.74, 6) is -1.63. The van der Waals surface area contributed by atoms with Gasteiger partial charge in [0.15, 0.2) is 11.5 Å². The van der Waals surface area contributed by atoms with Gasteiger partial charge in [0, 0.05) is 31.3 Å². The molecule has 7 rings (SSSR count). The quantitative estimate of drug-likeness (QED) is 0.249. The maximum Gasteiger partial charge on any atom is 0.449 e. The number of halogens is 5. The van der Waals surface area contributed by atoms with Crippen LogP contribution in [0, 0.1) is 11.6 Å². The molecule has 0 amide bonds. The number of aromatic nitrogens is 2. The van der Waals surface area contributed by atoms with Crippen molar-refractivity contribution in [2.75, 3.05) is 19.6 Å². The van der Waals surface area contributed by atoms with E-state index in [1.54, 1.807) is 31.2 Å². The molecule has 1 N–H and O–H groups in total. The van der Waals surface area contributed by atoms with E-state index >= 15 is 0 Å². The van der Waals surface area contributed by atoms with Crippen LogP contribution in [0.5, 0.6) is 11.5 Å². The fraction of sp³-hybridized carbons (Fsp3) is 0.333. The Morgan fingerprint density at radius 2 is 1.82 bits per heavy atom. The van der Waals surface area contributed by atoms with Crippen LogP contribution < -0.4 is 14.8 Å². The average molecular weight is 624 g/mol. The molecule has 1 unspecified atom stereocenters. The van der Waals surface area contributed by atoms with E-state index in [4.69, 9.17) is 14.5 Å². The van der Waals surface area contributed by atoms with Crippen LogP contribution in [0.2, 0.25) is 0 Å². The fourth-order valence-electron chi connectivity index (χ4n) is 6.39. The number of piperidine rings is 1. The summed E-state index contributed by atoms with van der Waals surface area (Å²) in [5.41, 5.74) is 3.70. The number of benzene rings is 3. The molecule has 45 heavy (non-hydrogen) atoms. The molecule has 0 aliphatic carbocycles. The van der Waals surface area contributed by atoms with Crippen molar-refractivity contribution in [3.05, 3.63) is 94.8 Å². The van der Waals surface area contributed by atoms with Crippen molar-refractivity contribution in [1.29, 1.82) is 0 Å². The molecule has 0 radical (unpaired) electrons. The predicted octanol–water partition coefficient (Wildman–Crippen LogP) is 6.78. The topological polar surface area (TPSA) is 63.9 Å². The van der Waals surface area contributed by atoms with Crippen LogP contribution in [0.25, 0.3) is 16.7 Å². The number of nitrogens with one attached hydrogen (secondary N) is 1. The lowest BCUT2D eigenvalue weighted by atomic mass is 9.88. The van der Waals surface area contributed by atoms with Crippen molar-refractivity contribution in [3.8, 4) is 11.5 Å². The molecule has 1 atom stereocenters. The van der Waals surface area contributed by atoms with E-state index in [1.165, 1.54) is 12.1 Å². The zero-order valence-corrected chi connectivity index (χ0v) is 24.6. The van der Waals surface area contributed by atoms with Gasteiger partial charge in [-0.1, -0.05) is 18.2 Å². The molecule has 3 aliphatic heterocycles. The van der Waals surface area contributed by atoms with Gasteiger partial charge in [-0.25, -0.2) is 13.8 Å². The molecule has 234 valence electrons. The third kappa shape index (κ3) is 5.41. The van der Waals surface area contributed by atoms with E-state index in [0.717, 1.165) is 48.9 Å². The van der Waals surface area contributed by atoms with Gasteiger partial charge in [0.05, 0.1) is 29.7 Å². The second kappa shape index (κ2) is 10.9. The minimum Gasteiger partial charge on any atom is -0.444 e. The van der Waals surface area contributed by atoms with Crippen LogP contribution in [0.15, 0.2) is 65.7 Å². The largest absolute Gasteiger partial charge is 0.449 e. The molecular weight excluding hydrogens is 593 g/mol. The van der Waals surface area contributed by atoms with Gasteiger partial charge in [0.2, 0.25) is 5.84 Å². The van der Waals surface area contributed by atoms with Crippen LogP contribution in [0.3, 0.4) is 0 Å². The number of amidine groups is 1. The number of para-hydroxylation sites is 1. The minimum atomic E-state index is -4.54. The van der Waals surface area contributed by atoms with E-state index < -0.39 is 29.4 Å². The van der Waals surface area contributed by atoms with E-state index in [0.29, 0.717) is 34.8 Å². The summed E-state index contributed by atoms with van der Waals surface area (Å²) in [6.07, 6.45) is -1.19. The second-order valence-corrected chi connectivity index (χ2v) is 11.7. The molecule has 4 heterocycles. The molecule has 7 nitrogen and oxygen atoms in total. The number of hydrogen-bond acceptors (Lipinski definition) is 6. The summed E-state index contributed by atoms with van der Waals surface area (Å²) < 4.78 is 82.1. The maximum atomic E-state index is 14.6. The Morgan fingerprint density at radius 3 is 2.58 bits per heavy atom. The fourth-order valence-corrected chi connectivity index (χ4v) is 6.39. The van der Waals surface area contributed by atoms with E-state index in [-0.39, 0.29) is 18.0 Å². The molecule has 0 spiro atoms. The smallest absolute Gasteiger partial charge is 0.444 e. The molecule has 3 aliphatic rings. The van der Waals surface area contributed by atoms with Crippen molar-refractivity contribution in [2.24, 2.45) is 12.0 Å². The SMILES string of the molecule is Cn1c(CN2CCC(c3cccc4c3OC(C)(c3ccc(F)cc3F)O4)CC2)nc2cc(C3=CCN=C(C(F)(F)F)N3)ccc21. The molecule has 0 bridgehead atoms. The summed E-state index contributed by atoms with van der Waals surface area (Å²) in [4.78, 5) is 10.7. The molecule has 3 aromatic carbocycles. The van der Waals surface area contributed by atoms with Crippen LogP contribution in [0.1, 0.15) is 48.2 Å². The number of fused-ring (bicyclic) bond motifs is 2. The van der Waals surface area contributed by atoms with Crippen molar-refractivity contribution in [2.45, 2.75) is 44.2 Å². The molecule has 1 fully saturated rings. The number of aliphatic imine (C=N–C) groups is 1. The van der Waals surface area contributed by atoms with Crippen LogP contribution in [0.4, 0.5) is 22.0 Å². The normalized spacial score (nSPS) is 20.7. The second-order valence-electron chi connectivity index (χ2n) is 11.7. The Kier molecular flexibility index (Phi) is 7.07. The summed E-state index contributed by atoms with van der Waals surface area (Å²) in [6, 6.07) is 14.5. The number of rotatable bonds is 5. The summed E-state index contributed by atoms with van der Waals surface area (Å²) in [6.45, 7) is 3.82. The van der Waals surface area contributed by atoms with Crippen molar-refractivity contribution in [3.63, 3.8) is 0 Å². The van der Waals surface area contributed by atoms with E-state index in [1.807, 2.05) is 29.8 Å². The summed E-state index contributed by atoms with van der Waals surface area (Å²) in [7, 11) is 1.94. The number of aryl methyl sites for hydroxylation is 1. The summed E-state index contributed by atoms with van der Waals surface area (Å²) >= 11 is 0. The van der Waals surface area contributed by atoms with Crippen LogP contribution in [-0.2, 0) is 19.4 Å². The lowest BCUT2D eigenvalue weighted by Gasteiger charge is -2.32. The van der Waals surface area contributed by atoms with E-state index in [2.05, 4.69) is 15.2 Å². The average Bonchev–Trinajstić information content (AvgIpc) is 3.52. The number of likely N-dealkylation sites (tertiary alicyclic amines) is 1. The maximum absolute atomic E-state index is 14.6. The van der Waals surface area contributed by atoms with Gasteiger partial charge < -0.3 is 19.4 Å². The zero-order chi connectivity index (χ0) is 31.5. The van der Waals surface area contributed by atoms with Gasteiger partial charge >= 0.3 is 6.18 Å². The molecule has 1 saturated heterocycles. The highest BCUT2D eigenvalue weighted by molar-refractivity contribution is 5.97. The lowest BCUT2D eigenvalue weighted by molar-refractivity contribution is -0.0713. The third-order valence-electron chi connectivity index (χ3n) is 8.77. The molecule has 4 aromatic rings. The zero-order valence-electron chi connectivity index (χ0n) is 24.6. The number of ether oxygens (including phenoxy) is 2. The van der Waals surface area contributed by atoms with Crippen molar-refractivity contribution < 1.29 is 31.4 Å². The standard InChI is InChI=1S/C33H30F5N5O2/c1-32(23-8-7-21(34)17-24(23)35)44-28-5-3-4-22(30(28)45-32)19-11-14-43(15-12-19)18-29-40-26-16-20(6-9-27(26)42(29)2)25-10-13-39-31(41-25)33(36,37)38/h3-10,16-17,19H,11-15,18H2,1-2H3,(H,39,41). The van der Waals surface area contributed by atoms with Gasteiger partial charge in [-0.05, 0) is 73.8 Å². The molecular formula is C33H30F5N5O2. The monoisotopic (exact) mass is 623 g/mol. The number of imidazole rings is 1. The van der Waals surface area contributed by atoms with E-state index in [9.17, 15) is 22.0 Å². The highest BCUT2D eigenvalue weighted by Crippen LogP contribution is 2.49. The molecule has 0 saturated carbocycles. The van der Waals surface area contributed by atoms with Gasteiger partial charge in [-0.2, -0.15) is 13.2 Å².